The number of carboxylic acid groups (broad SMARTS) is 1. The van der Waals surface area contributed by atoms with Crippen LogP contribution < -0.4 is 4.74 Å². The SMILES string of the molecule is CN(C)C(=O)Oc1cccc(C2CCN(C(=O)O)CC2)c1. The molecule has 0 aromatic heterocycles. The Hall–Kier alpha value is -2.24. The van der Waals surface area contributed by atoms with Crippen molar-refractivity contribution in [3.05, 3.63) is 29.8 Å². The van der Waals surface area contributed by atoms with E-state index in [2.05, 4.69) is 0 Å². The number of amides is 2. The predicted octanol–water partition coefficient (Wildman–Crippen LogP) is 2.60. The van der Waals surface area contributed by atoms with Crippen LogP contribution in [0.15, 0.2) is 24.3 Å². The first-order valence-corrected chi connectivity index (χ1v) is 6.94. The van der Waals surface area contributed by atoms with Crippen molar-refractivity contribution in [1.82, 2.24) is 9.80 Å². The Balaban J connectivity index is 2.01. The molecule has 2 rings (SSSR count). The minimum Gasteiger partial charge on any atom is -0.465 e. The standard InChI is InChI=1S/C15H20N2O4/c1-16(2)15(20)21-13-5-3-4-12(10-13)11-6-8-17(9-7-11)14(18)19/h3-5,10-11H,6-9H2,1-2H3,(H,18,19). The number of hydrogen-bond acceptors (Lipinski definition) is 3. The lowest BCUT2D eigenvalue weighted by molar-refractivity contribution is 0.132. The maximum Gasteiger partial charge on any atom is 0.414 e. The molecule has 1 aromatic carbocycles. The molecule has 1 aliphatic heterocycles. The minimum absolute atomic E-state index is 0.304. The van der Waals surface area contributed by atoms with Crippen molar-refractivity contribution in [3.63, 3.8) is 0 Å². The normalized spacial score (nSPS) is 15.6. The smallest absolute Gasteiger partial charge is 0.414 e. The average molecular weight is 292 g/mol. The lowest BCUT2D eigenvalue weighted by Crippen LogP contribution is -2.36. The zero-order valence-electron chi connectivity index (χ0n) is 12.3. The summed E-state index contributed by atoms with van der Waals surface area (Å²) in [5, 5.41) is 8.95. The largest absolute Gasteiger partial charge is 0.465 e. The van der Waals surface area contributed by atoms with Crippen molar-refractivity contribution >= 4 is 12.2 Å². The second-order valence-electron chi connectivity index (χ2n) is 5.38. The molecule has 1 saturated heterocycles. The molecule has 1 heterocycles. The molecule has 1 N–H and O–H groups in total. The Morgan fingerprint density at radius 2 is 1.95 bits per heavy atom. The van der Waals surface area contributed by atoms with Crippen LogP contribution in [0, 0.1) is 0 Å². The van der Waals surface area contributed by atoms with Gasteiger partial charge in [-0.2, -0.15) is 0 Å². The summed E-state index contributed by atoms with van der Waals surface area (Å²) < 4.78 is 5.25. The van der Waals surface area contributed by atoms with Crippen LogP contribution in [0.5, 0.6) is 5.75 Å². The van der Waals surface area contributed by atoms with Crippen LogP contribution >= 0.6 is 0 Å². The molecule has 6 heteroatoms. The van der Waals surface area contributed by atoms with Crippen molar-refractivity contribution in [1.29, 1.82) is 0 Å². The zero-order chi connectivity index (χ0) is 15.4. The van der Waals surface area contributed by atoms with Gasteiger partial charge in [0.1, 0.15) is 5.75 Å². The van der Waals surface area contributed by atoms with Gasteiger partial charge in [-0.25, -0.2) is 9.59 Å². The molecule has 0 radical (unpaired) electrons. The molecular weight excluding hydrogens is 272 g/mol. The number of rotatable bonds is 2. The summed E-state index contributed by atoms with van der Waals surface area (Å²) in [6, 6.07) is 7.46. The first-order chi connectivity index (χ1) is 9.97. The summed E-state index contributed by atoms with van der Waals surface area (Å²) in [6.07, 6.45) is 0.310. The van der Waals surface area contributed by atoms with Crippen LogP contribution in [-0.2, 0) is 0 Å². The Bertz CT molecular complexity index is 522. The number of carbonyl (C=O) groups excluding carboxylic acids is 1. The number of hydrogen-bond donors (Lipinski definition) is 1. The third-order valence-electron chi connectivity index (χ3n) is 3.67. The second-order valence-corrected chi connectivity index (χ2v) is 5.38. The minimum atomic E-state index is -0.859. The van der Waals surface area contributed by atoms with Gasteiger partial charge in [0.05, 0.1) is 0 Å². The van der Waals surface area contributed by atoms with Crippen molar-refractivity contribution in [2.45, 2.75) is 18.8 Å². The van der Waals surface area contributed by atoms with Crippen LogP contribution in [0.2, 0.25) is 0 Å². The van der Waals surface area contributed by atoms with E-state index in [0.29, 0.717) is 24.8 Å². The summed E-state index contributed by atoms with van der Waals surface area (Å²) in [6.45, 7) is 1.09. The summed E-state index contributed by atoms with van der Waals surface area (Å²) in [7, 11) is 3.27. The Kier molecular flexibility index (Phi) is 4.67. The zero-order valence-corrected chi connectivity index (χ0v) is 12.3. The van der Waals surface area contributed by atoms with E-state index in [1.54, 1.807) is 20.2 Å². The third-order valence-corrected chi connectivity index (χ3v) is 3.67. The Morgan fingerprint density at radius 1 is 1.29 bits per heavy atom. The van der Waals surface area contributed by atoms with Crippen molar-refractivity contribution in [3.8, 4) is 5.75 Å². The van der Waals surface area contributed by atoms with Gasteiger partial charge in [-0.05, 0) is 36.5 Å². The maximum absolute atomic E-state index is 11.5. The number of likely N-dealkylation sites (tertiary alicyclic amines) is 1. The van der Waals surface area contributed by atoms with Gasteiger partial charge in [0.25, 0.3) is 0 Å². The molecule has 0 unspecified atom stereocenters. The van der Waals surface area contributed by atoms with Gasteiger partial charge in [-0.3, -0.25) is 0 Å². The molecule has 0 bridgehead atoms. The summed E-state index contributed by atoms with van der Waals surface area (Å²) in [5.41, 5.74) is 1.09. The van der Waals surface area contributed by atoms with E-state index in [4.69, 9.17) is 9.84 Å². The first-order valence-electron chi connectivity index (χ1n) is 6.94. The van der Waals surface area contributed by atoms with Gasteiger partial charge in [0.2, 0.25) is 0 Å². The molecular formula is C15H20N2O4. The van der Waals surface area contributed by atoms with E-state index in [1.807, 2.05) is 18.2 Å². The molecule has 0 spiro atoms. The van der Waals surface area contributed by atoms with E-state index in [-0.39, 0.29) is 0 Å². The van der Waals surface area contributed by atoms with Gasteiger partial charge < -0.3 is 19.6 Å². The highest BCUT2D eigenvalue weighted by Crippen LogP contribution is 2.30. The van der Waals surface area contributed by atoms with E-state index in [9.17, 15) is 9.59 Å². The molecule has 0 atom stereocenters. The molecule has 6 nitrogen and oxygen atoms in total. The molecule has 1 fully saturated rings. The van der Waals surface area contributed by atoms with E-state index in [0.717, 1.165) is 18.4 Å². The number of benzene rings is 1. The fourth-order valence-electron chi connectivity index (χ4n) is 2.43. The lowest BCUT2D eigenvalue weighted by Gasteiger charge is -2.30. The molecule has 1 aromatic rings. The van der Waals surface area contributed by atoms with E-state index in [1.165, 1.54) is 9.80 Å². The maximum atomic E-state index is 11.5. The van der Waals surface area contributed by atoms with Gasteiger partial charge in [-0.15, -0.1) is 0 Å². The monoisotopic (exact) mass is 292 g/mol. The van der Waals surface area contributed by atoms with Gasteiger partial charge in [0.15, 0.2) is 0 Å². The van der Waals surface area contributed by atoms with Crippen molar-refractivity contribution < 1.29 is 19.4 Å². The van der Waals surface area contributed by atoms with Crippen LogP contribution in [0.4, 0.5) is 9.59 Å². The quantitative estimate of drug-likeness (QED) is 0.909. The molecule has 0 saturated carbocycles. The van der Waals surface area contributed by atoms with Gasteiger partial charge in [-0.1, -0.05) is 12.1 Å². The second kappa shape index (κ2) is 6.47. The lowest BCUT2D eigenvalue weighted by atomic mass is 9.89. The Morgan fingerprint density at radius 3 is 2.52 bits per heavy atom. The highest BCUT2D eigenvalue weighted by atomic mass is 16.6. The van der Waals surface area contributed by atoms with Crippen LogP contribution in [0.25, 0.3) is 0 Å². The molecule has 1 aliphatic rings. The number of piperidine rings is 1. The topological polar surface area (TPSA) is 70.1 Å². The molecule has 21 heavy (non-hydrogen) atoms. The van der Waals surface area contributed by atoms with Gasteiger partial charge in [0, 0.05) is 27.2 Å². The summed E-state index contributed by atoms with van der Waals surface area (Å²) >= 11 is 0. The number of carbonyl (C=O) groups is 2. The van der Waals surface area contributed by atoms with Crippen LogP contribution in [-0.4, -0.2) is 54.3 Å². The summed E-state index contributed by atoms with van der Waals surface area (Å²) in [4.78, 5) is 25.3. The highest BCUT2D eigenvalue weighted by Gasteiger charge is 2.23. The molecule has 0 aliphatic carbocycles. The van der Waals surface area contributed by atoms with E-state index < -0.39 is 12.2 Å². The van der Waals surface area contributed by atoms with E-state index >= 15 is 0 Å². The van der Waals surface area contributed by atoms with Crippen molar-refractivity contribution in [2.75, 3.05) is 27.2 Å². The van der Waals surface area contributed by atoms with Gasteiger partial charge >= 0.3 is 12.2 Å². The third kappa shape index (κ3) is 3.87. The Labute approximate surface area is 123 Å². The fourth-order valence-corrected chi connectivity index (χ4v) is 2.43. The molecule has 2 amide bonds. The number of ether oxygens (including phenoxy) is 1. The van der Waals surface area contributed by atoms with Crippen LogP contribution in [0.1, 0.15) is 24.3 Å². The predicted molar refractivity (Wildman–Crippen MR) is 77.7 cm³/mol. The summed E-state index contributed by atoms with van der Waals surface area (Å²) in [5.74, 6) is 0.825. The average Bonchev–Trinajstić information content (AvgIpc) is 2.47. The highest BCUT2D eigenvalue weighted by molar-refractivity contribution is 5.70. The first kappa shape index (κ1) is 15.2. The van der Waals surface area contributed by atoms with Crippen LogP contribution in [0.3, 0.4) is 0 Å². The fraction of sp³-hybridized carbons (Fsp3) is 0.467. The van der Waals surface area contributed by atoms with Crippen molar-refractivity contribution in [2.24, 2.45) is 0 Å². The number of nitrogens with zero attached hydrogens (tertiary/aromatic N) is 2. The molecule has 114 valence electrons.